The Morgan fingerprint density at radius 1 is 1.62 bits per heavy atom. The Bertz CT molecular complexity index is 170. The quantitative estimate of drug-likeness (QED) is 0.479. The minimum atomic E-state index is -0.505. The summed E-state index contributed by atoms with van der Waals surface area (Å²) < 4.78 is 0. The minimum absolute atomic E-state index is 0.379. The van der Waals surface area contributed by atoms with Crippen LogP contribution in [0.1, 0.15) is 0 Å². The van der Waals surface area contributed by atoms with Gasteiger partial charge in [-0.1, -0.05) is 11.6 Å². The van der Waals surface area contributed by atoms with Gasteiger partial charge in [0.05, 0.1) is 17.4 Å². The van der Waals surface area contributed by atoms with Gasteiger partial charge in [0.25, 0.3) is 0 Å². The van der Waals surface area contributed by atoms with Gasteiger partial charge in [-0.3, -0.25) is 0 Å². The van der Waals surface area contributed by atoms with E-state index in [1.165, 1.54) is 12.4 Å². The van der Waals surface area contributed by atoms with Gasteiger partial charge in [-0.25, -0.2) is 4.79 Å². The maximum atomic E-state index is 10.1. The Hall–Kier alpha value is -0.830. The molecule has 0 bridgehead atoms. The van der Waals surface area contributed by atoms with Gasteiger partial charge in [0, 0.05) is 0 Å². The molecule has 1 heterocycles. The third kappa shape index (κ3) is 1.07. The van der Waals surface area contributed by atoms with E-state index in [9.17, 15) is 4.79 Å². The van der Waals surface area contributed by atoms with Crippen molar-refractivity contribution in [3.63, 3.8) is 0 Å². The molecule has 0 fully saturated rings. The van der Waals surface area contributed by atoms with E-state index in [1.54, 1.807) is 0 Å². The van der Waals surface area contributed by atoms with Crippen molar-refractivity contribution in [3.8, 4) is 0 Å². The van der Waals surface area contributed by atoms with Gasteiger partial charge in [-0.15, -0.1) is 0 Å². The van der Waals surface area contributed by atoms with Crippen molar-refractivity contribution in [1.29, 1.82) is 0 Å². The summed E-state index contributed by atoms with van der Waals surface area (Å²) in [6.45, 7) is 0. The number of allylic oxidation sites excluding steroid dienone is 1. The summed E-state index contributed by atoms with van der Waals surface area (Å²) in [4.78, 5) is 13.4. The number of carbonyl (C=O) groups excluding carboxylic acids is 1. The summed E-state index contributed by atoms with van der Waals surface area (Å²) in [6, 6.07) is -0.505. The predicted octanol–water partition coefficient (Wildman–Crippen LogP) is 0.875. The van der Waals surface area contributed by atoms with Crippen LogP contribution in [0.2, 0.25) is 0 Å². The Kier molecular flexibility index (Phi) is 1.30. The van der Waals surface area contributed by atoms with Crippen LogP contribution in [0, 0.1) is 0 Å². The van der Waals surface area contributed by atoms with E-state index in [2.05, 4.69) is 10.3 Å². The molecule has 0 aliphatic carbocycles. The average molecular weight is 130 g/mol. The lowest BCUT2D eigenvalue weighted by atomic mass is 10.6. The summed E-state index contributed by atoms with van der Waals surface area (Å²) in [7, 11) is 0. The number of amides is 2. The van der Waals surface area contributed by atoms with Crippen LogP contribution < -0.4 is 5.32 Å². The van der Waals surface area contributed by atoms with Crippen molar-refractivity contribution >= 4 is 23.8 Å². The lowest BCUT2D eigenvalue weighted by Crippen LogP contribution is -2.08. The standard InChI is InChI=1S/C4H2ClN2O/c5-3-1-6-4(8)7-2-3/h1-2H. The van der Waals surface area contributed by atoms with E-state index in [-0.39, 0.29) is 0 Å². The van der Waals surface area contributed by atoms with Gasteiger partial charge >= 0.3 is 6.03 Å². The predicted molar refractivity (Wildman–Crippen MR) is 30.0 cm³/mol. The van der Waals surface area contributed by atoms with Gasteiger partial charge < -0.3 is 0 Å². The molecule has 0 saturated carbocycles. The molecule has 4 heteroatoms. The molecule has 0 spiro atoms. The van der Waals surface area contributed by atoms with Crippen LogP contribution in [0.3, 0.4) is 0 Å². The first-order valence-electron chi connectivity index (χ1n) is 1.93. The summed E-state index contributed by atoms with van der Waals surface area (Å²) in [6.07, 6.45) is 2.52. The third-order valence-electron chi connectivity index (χ3n) is 0.597. The second kappa shape index (κ2) is 1.96. The molecule has 1 aliphatic rings. The van der Waals surface area contributed by atoms with E-state index in [0.29, 0.717) is 5.03 Å². The van der Waals surface area contributed by atoms with Crippen LogP contribution in [-0.4, -0.2) is 12.2 Å². The topological polar surface area (TPSA) is 43.5 Å². The molecule has 3 nitrogen and oxygen atoms in total. The Morgan fingerprint density at radius 3 is 2.75 bits per heavy atom. The normalized spacial score (nSPS) is 17.6. The van der Waals surface area contributed by atoms with Crippen molar-refractivity contribution in [2.75, 3.05) is 0 Å². The Labute approximate surface area is 51.0 Å². The van der Waals surface area contributed by atoms with Crippen LogP contribution >= 0.6 is 11.6 Å². The van der Waals surface area contributed by atoms with Crippen LogP contribution in [0.4, 0.5) is 4.79 Å². The molecular formula is C4H2ClN2O. The summed E-state index contributed by atoms with van der Waals surface area (Å²) in [5.41, 5.74) is 0. The van der Waals surface area contributed by atoms with Crippen molar-refractivity contribution in [2.24, 2.45) is 4.99 Å². The Balaban J connectivity index is 2.71. The molecule has 2 amide bonds. The third-order valence-corrected chi connectivity index (χ3v) is 0.792. The second-order valence-electron chi connectivity index (χ2n) is 1.18. The van der Waals surface area contributed by atoms with Crippen LogP contribution in [0.25, 0.3) is 0 Å². The van der Waals surface area contributed by atoms with Crippen LogP contribution in [0.15, 0.2) is 16.2 Å². The highest BCUT2D eigenvalue weighted by Gasteiger charge is 2.01. The number of rotatable bonds is 0. The highest BCUT2D eigenvalue weighted by Crippen LogP contribution is 1.99. The van der Waals surface area contributed by atoms with Gasteiger partial charge in [0.2, 0.25) is 0 Å². The summed E-state index contributed by atoms with van der Waals surface area (Å²) in [5, 5.41) is 3.66. The van der Waals surface area contributed by atoms with Gasteiger partial charge in [-0.05, 0) is 0 Å². The monoisotopic (exact) mass is 129 g/mol. The molecule has 41 valence electrons. The van der Waals surface area contributed by atoms with Crippen molar-refractivity contribution in [3.05, 3.63) is 11.2 Å². The first-order chi connectivity index (χ1) is 3.79. The lowest BCUT2D eigenvalue weighted by Gasteiger charge is -1.93. The molecule has 1 rings (SSSR count). The van der Waals surface area contributed by atoms with E-state index < -0.39 is 6.03 Å². The minimum Gasteiger partial charge on any atom is -0.244 e. The van der Waals surface area contributed by atoms with Crippen molar-refractivity contribution in [2.45, 2.75) is 0 Å². The zero-order valence-corrected chi connectivity index (χ0v) is 4.59. The van der Waals surface area contributed by atoms with Crippen molar-refractivity contribution < 1.29 is 4.79 Å². The number of hydrogen-bond acceptors (Lipinski definition) is 1. The highest BCUT2D eigenvalue weighted by atomic mass is 35.5. The number of carbonyl (C=O) groups is 1. The van der Waals surface area contributed by atoms with E-state index in [4.69, 9.17) is 11.6 Å². The zero-order chi connectivity index (χ0) is 5.98. The number of aliphatic imine (C=N–C) groups is 1. The van der Waals surface area contributed by atoms with Crippen LogP contribution in [-0.2, 0) is 0 Å². The van der Waals surface area contributed by atoms with Gasteiger partial charge in [0.1, 0.15) is 0 Å². The van der Waals surface area contributed by atoms with E-state index in [0.717, 1.165) is 0 Å². The number of hydrogen-bond donors (Lipinski definition) is 0. The maximum Gasteiger partial charge on any atom is 0.367 e. The molecule has 0 aromatic carbocycles. The number of halogens is 1. The maximum absolute atomic E-state index is 10.1. The van der Waals surface area contributed by atoms with Crippen LogP contribution in [0.5, 0.6) is 0 Å². The molecule has 0 aromatic heterocycles. The fourth-order valence-corrected chi connectivity index (χ4v) is 0.398. The van der Waals surface area contributed by atoms with E-state index >= 15 is 0 Å². The number of urea groups is 1. The lowest BCUT2D eigenvalue weighted by molar-refractivity contribution is 0.251. The summed E-state index contributed by atoms with van der Waals surface area (Å²) in [5.74, 6) is 0. The van der Waals surface area contributed by atoms with Gasteiger partial charge in [0.15, 0.2) is 0 Å². The molecule has 1 radical (unpaired) electrons. The highest BCUT2D eigenvalue weighted by molar-refractivity contribution is 6.40. The molecule has 0 unspecified atom stereocenters. The van der Waals surface area contributed by atoms with Crippen molar-refractivity contribution in [1.82, 2.24) is 5.32 Å². The summed E-state index contributed by atoms with van der Waals surface area (Å²) >= 11 is 5.35. The van der Waals surface area contributed by atoms with E-state index in [1.807, 2.05) is 0 Å². The Morgan fingerprint density at radius 2 is 2.38 bits per heavy atom. The molecule has 0 N–H and O–H groups in total. The first kappa shape index (κ1) is 5.31. The molecule has 8 heavy (non-hydrogen) atoms. The zero-order valence-electron chi connectivity index (χ0n) is 3.84. The fourth-order valence-electron chi connectivity index (χ4n) is 0.300. The smallest absolute Gasteiger partial charge is 0.244 e. The average Bonchev–Trinajstić information content (AvgIpc) is 1.77. The second-order valence-corrected chi connectivity index (χ2v) is 1.62. The molecule has 0 saturated heterocycles. The molecular weight excluding hydrogens is 128 g/mol. The number of nitrogens with zero attached hydrogens (tertiary/aromatic N) is 2. The fraction of sp³-hybridized carbons (Fsp3) is 0. The SMILES string of the molecule is O=C1[N]C=C(Cl)C=N1. The molecule has 0 aromatic rings. The first-order valence-corrected chi connectivity index (χ1v) is 2.31. The van der Waals surface area contributed by atoms with Gasteiger partial charge in [-0.2, -0.15) is 10.3 Å². The largest absolute Gasteiger partial charge is 0.367 e. The molecule has 0 atom stereocenters. The molecule has 1 aliphatic heterocycles.